The summed E-state index contributed by atoms with van der Waals surface area (Å²) < 4.78 is 2.22. The number of nitrogens with zero attached hydrogens (tertiary/aromatic N) is 5. The molecular weight excluding hydrogens is 470 g/mol. The molecule has 1 aliphatic heterocycles. The van der Waals surface area contributed by atoms with Crippen molar-refractivity contribution < 1.29 is 0 Å². The van der Waals surface area contributed by atoms with Gasteiger partial charge in [-0.2, -0.15) is 0 Å². The van der Waals surface area contributed by atoms with Crippen molar-refractivity contribution in [2.45, 2.75) is 89.0 Å². The number of rotatable bonds is 8. The fraction of sp³-hybridized carbons (Fsp3) is 0.613. The van der Waals surface area contributed by atoms with Crippen molar-refractivity contribution >= 4 is 16.9 Å². The van der Waals surface area contributed by atoms with Gasteiger partial charge in [0.05, 0.1) is 17.9 Å². The van der Waals surface area contributed by atoms with Crippen molar-refractivity contribution in [1.82, 2.24) is 29.7 Å². The van der Waals surface area contributed by atoms with Crippen molar-refractivity contribution in [3.63, 3.8) is 0 Å². The van der Waals surface area contributed by atoms with Crippen LogP contribution in [-0.2, 0) is 12.6 Å². The lowest BCUT2D eigenvalue weighted by Crippen LogP contribution is -2.55. The first kappa shape index (κ1) is 27.1. The van der Waals surface area contributed by atoms with E-state index in [-0.39, 0.29) is 5.54 Å². The minimum atomic E-state index is 0.116. The van der Waals surface area contributed by atoms with Gasteiger partial charge in [-0.1, -0.05) is 43.7 Å². The van der Waals surface area contributed by atoms with Crippen LogP contribution in [0.5, 0.6) is 0 Å². The van der Waals surface area contributed by atoms with Crippen molar-refractivity contribution in [2.75, 3.05) is 32.5 Å². The molecule has 1 aliphatic carbocycles. The number of benzene rings is 1. The SMILES string of the molecule is CCC[C@H](c1nc2cc(NC3CCC(c4ccccc4)(N(C)C)CC3)cnc2n1C)N1C[C@@H](C)N[C@@H](C)C1. The van der Waals surface area contributed by atoms with Crippen LogP contribution in [0.4, 0.5) is 5.69 Å². The zero-order valence-electron chi connectivity index (χ0n) is 24.2. The minimum Gasteiger partial charge on any atom is -0.381 e. The molecule has 2 aromatic heterocycles. The van der Waals surface area contributed by atoms with Crippen molar-refractivity contribution in [1.29, 1.82) is 0 Å². The first-order valence-electron chi connectivity index (χ1n) is 14.6. The second-order valence-corrected chi connectivity index (χ2v) is 12.0. The zero-order chi connectivity index (χ0) is 26.9. The van der Waals surface area contributed by atoms with Gasteiger partial charge in [-0.05, 0) is 71.7 Å². The predicted molar refractivity (Wildman–Crippen MR) is 157 cm³/mol. The van der Waals surface area contributed by atoms with Gasteiger partial charge < -0.3 is 15.2 Å². The minimum absolute atomic E-state index is 0.116. The number of piperazine rings is 1. The number of nitrogens with one attached hydrogen (secondary N) is 2. The number of pyridine rings is 1. The molecule has 3 heterocycles. The van der Waals surface area contributed by atoms with E-state index in [9.17, 15) is 0 Å². The smallest absolute Gasteiger partial charge is 0.159 e. The monoisotopic (exact) mass is 517 g/mol. The van der Waals surface area contributed by atoms with E-state index in [2.05, 4.69) is 103 Å². The quantitative estimate of drug-likeness (QED) is 0.423. The van der Waals surface area contributed by atoms with Gasteiger partial charge in [0.1, 0.15) is 11.3 Å². The van der Waals surface area contributed by atoms with E-state index >= 15 is 0 Å². The summed E-state index contributed by atoms with van der Waals surface area (Å²) >= 11 is 0. The third kappa shape index (κ3) is 5.33. The molecule has 1 saturated carbocycles. The van der Waals surface area contributed by atoms with E-state index in [1.807, 2.05) is 6.20 Å². The zero-order valence-corrected chi connectivity index (χ0v) is 24.2. The maximum atomic E-state index is 5.19. The molecule has 0 radical (unpaired) electrons. The fourth-order valence-electron chi connectivity index (χ4n) is 7.06. The molecule has 7 heteroatoms. The van der Waals surface area contributed by atoms with Gasteiger partial charge in [0, 0.05) is 43.8 Å². The van der Waals surface area contributed by atoms with Gasteiger partial charge in [0.25, 0.3) is 0 Å². The fourth-order valence-corrected chi connectivity index (χ4v) is 7.06. The Morgan fingerprint density at radius 2 is 1.79 bits per heavy atom. The molecule has 3 aromatic rings. The van der Waals surface area contributed by atoms with Crippen LogP contribution in [0, 0.1) is 0 Å². The maximum absolute atomic E-state index is 5.19. The predicted octanol–water partition coefficient (Wildman–Crippen LogP) is 5.30. The Morgan fingerprint density at radius 3 is 2.42 bits per heavy atom. The Kier molecular flexibility index (Phi) is 8.08. The molecule has 2 N–H and O–H groups in total. The third-order valence-corrected chi connectivity index (χ3v) is 8.98. The maximum Gasteiger partial charge on any atom is 0.159 e. The van der Waals surface area contributed by atoms with Crippen molar-refractivity contribution in [2.24, 2.45) is 7.05 Å². The van der Waals surface area contributed by atoms with Crippen LogP contribution in [0.15, 0.2) is 42.6 Å². The molecule has 0 unspecified atom stereocenters. The Labute approximate surface area is 229 Å². The Morgan fingerprint density at radius 1 is 1.11 bits per heavy atom. The molecular formula is C31H47N7. The molecule has 1 aromatic carbocycles. The third-order valence-electron chi connectivity index (χ3n) is 8.98. The van der Waals surface area contributed by atoms with Gasteiger partial charge in [0.2, 0.25) is 0 Å². The molecule has 3 atom stereocenters. The summed E-state index contributed by atoms with van der Waals surface area (Å²) in [6, 6.07) is 15.0. The summed E-state index contributed by atoms with van der Waals surface area (Å²) in [7, 11) is 6.59. The molecule has 206 valence electrons. The van der Waals surface area contributed by atoms with Gasteiger partial charge in [-0.25, -0.2) is 9.97 Å². The lowest BCUT2D eigenvalue weighted by atomic mass is 9.74. The molecule has 1 saturated heterocycles. The topological polar surface area (TPSA) is 61.3 Å². The van der Waals surface area contributed by atoms with Crippen molar-refractivity contribution in [3.8, 4) is 0 Å². The number of imidazole rings is 1. The summed E-state index contributed by atoms with van der Waals surface area (Å²) in [4.78, 5) is 15.1. The van der Waals surface area contributed by atoms with Crippen molar-refractivity contribution in [3.05, 3.63) is 54.0 Å². The lowest BCUT2D eigenvalue weighted by molar-refractivity contribution is 0.0945. The van der Waals surface area contributed by atoms with Crippen LogP contribution in [0.1, 0.15) is 76.7 Å². The number of anilines is 1. The van der Waals surface area contributed by atoms with Crippen LogP contribution in [-0.4, -0.2) is 69.6 Å². The largest absolute Gasteiger partial charge is 0.381 e. The molecule has 0 bridgehead atoms. The number of hydrogen-bond donors (Lipinski definition) is 2. The highest BCUT2D eigenvalue weighted by Gasteiger charge is 2.38. The number of aromatic nitrogens is 3. The van der Waals surface area contributed by atoms with E-state index in [1.54, 1.807) is 0 Å². The highest BCUT2D eigenvalue weighted by Crippen LogP contribution is 2.41. The first-order chi connectivity index (χ1) is 18.3. The van der Waals surface area contributed by atoms with Gasteiger partial charge in [0.15, 0.2) is 5.65 Å². The normalized spacial score (nSPS) is 27.6. The molecule has 7 nitrogen and oxygen atoms in total. The number of hydrogen-bond acceptors (Lipinski definition) is 6. The first-order valence-corrected chi connectivity index (χ1v) is 14.6. The van der Waals surface area contributed by atoms with Gasteiger partial charge >= 0.3 is 0 Å². The summed E-state index contributed by atoms with van der Waals surface area (Å²) in [5.74, 6) is 1.14. The Bertz CT molecular complexity index is 1190. The van der Waals surface area contributed by atoms with Crippen LogP contribution in [0.3, 0.4) is 0 Å². The van der Waals surface area contributed by atoms with E-state index in [0.29, 0.717) is 24.2 Å². The van der Waals surface area contributed by atoms with Gasteiger partial charge in [-0.15, -0.1) is 0 Å². The van der Waals surface area contributed by atoms with Crippen LogP contribution in [0.25, 0.3) is 11.2 Å². The molecule has 38 heavy (non-hydrogen) atoms. The summed E-state index contributed by atoms with van der Waals surface area (Å²) in [6.45, 7) is 8.95. The molecule has 0 spiro atoms. The Balaban J connectivity index is 1.32. The average molecular weight is 518 g/mol. The second kappa shape index (κ2) is 11.3. The van der Waals surface area contributed by atoms with Gasteiger partial charge in [-0.3, -0.25) is 9.80 Å². The van der Waals surface area contributed by atoms with E-state index in [0.717, 1.165) is 74.3 Å². The average Bonchev–Trinajstić information content (AvgIpc) is 3.22. The highest BCUT2D eigenvalue weighted by molar-refractivity contribution is 5.75. The van der Waals surface area contributed by atoms with Crippen LogP contribution >= 0.6 is 0 Å². The van der Waals surface area contributed by atoms with E-state index < -0.39 is 0 Å². The molecule has 5 rings (SSSR count). The second-order valence-electron chi connectivity index (χ2n) is 12.0. The molecule has 2 aliphatic rings. The van der Waals surface area contributed by atoms with E-state index in [1.165, 1.54) is 5.56 Å². The summed E-state index contributed by atoms with van der Waals surface area (Å²) in [5, 5.41) is 7.48. The summed E-state index contributed by atoms with van der Waals surface area (Å²) in [5.41, 5.74) is 4.60. The van der Waals surface area contributed by atoms with E-state index in [4.69, 9.17) is 9.97 Å². The standard InChI is InChI=1S/C31H47N7/c1-7-11-28(38-20-22(2)33-23(3)21-38)30-35-27-18-26(19-32-29(27)37(30)6)34-25-14-16-31(17-15-25,36(4)5)24-12-9-8-10-13-24/h8-10,12-13,18-19,22-23,25,28,33-34H,7,11,14-17,20-21H2,1-6H3/t22-,23+,25?,28-,31?/m1/s1. The van der Waals surface area contributed by atoms with Crippen LogP contribution in [0.2, 0.25) is 0 Å². The number of fused-ring (bicyclic) bond motifs is 1. The highest BCUT2D eigenvalue weighted by atomic mass is 15.3. The molecule has 0 amide bonds. The van der Waals surface area contributed by atoms with Crippen LogP contribution < -0.4 is 10.6 Å². The lowest BCUT2D eigenvalue weighted by Gasteiger charge is -2.46. The summed E-state index contributed by atoms with van der Waals surface area (Å²) in [6.07, 6.45) is 8.81. The Hall–Kier alpha value is -2.48. The number of aryl methyl sites for hydroxylation is 1. The molecule has 2 fully saturated rings.